The average Bonchev–Trinajstić information content (AvgIpc) is 2.70. The fraction of sp³-hybridized carbons (Fsp3) is 0.0870. The Hall–Kier alpha value is -3.00. The Morgan fingerprint density at radius 2 is 1.72 bits per heavy atom. The molecule has 29 heavy (non-hydrogen) atoms. The van der Waals surface area contributed by atoms with Gasteiger partial charge in [0.05, 0.1) is 22.2 Å². The van der Waals surface area contributed by atoms with Gasteiger partial charge in [-0.1, -0.05) is 24.3 Å². The highest BCUT2D eigenvalue weighted by Crippen LogP contribution is 2.22. The van der Waals surface area contributed by atoms with Crippen LogP contribution in [-0.2, 0) is 0 Å². The number of fused-ring (bicyclic) bond motifs is 1. The Bertz CT molecular complexity index is 1310. The van der Waals surface area contributed by atoms with Gasteiger partial charge in [-0.2, -0.15) is 0 Å². The predicted molar refractivity (Wildman–Crippen MR) is 124 cm³/mol. The Kier molecular flexibility index (Phi) is 5.19. The van der Waals surface area contributed by atoms with E-state index in [9.17, 15) is 9.59 Å². The van der Waals surface area contributed by atoms with Crippen LogP contribution in [0.15, 0.2) is 71.5 Å². The van der Waals surface area contributed by atoms with E-state index in [1.54, 1.807) is 16.7 Å². The van der Waals surface area contributed by atoms with Crippen LogP contribution >= 0.6 is 22.6 Å². The predicted octanol–water partition coefficient (Wildman–Crippen LogP) is 4.86. The molecular formula is C23H18IN3O2. The Balaban J connectivity index is 1.71. The molecule has 1 heterocycles. The Morgan fingerprint density at radius 3 is 2.48 bits per heavy atom. The number of nitrogens with zero attached hydrogens (tertiary/aromatic N) is 2. The monoisotopic (exact) mass is 495 g/mol. The van der Waals surface area contributed by atoms with Crippen molar-refractivity contribution in [1.29, 1.82) is 0 Å². The molecule has 0 saturated heterocycles. The van der Waals surface area contributed by atoms with E-state index in [4.69, 9.17) is 0 Å². The zero-order chi connectivity index (χ0) is 20.5. The van der Waals surface area contributed by atoms with E-state index in [1.807, 2.05) is 68.4 Å². The van der Waals surface area contributed by atoms with Crippen molar-refractivity contribution in [3.8, 4) is 5.69 Å². The van der Waals surface area contributed by atoms with Gasteiger partial charge >= 0.3 is 0 Å². The highest BCUT2D eigenvalue weighted by atomic mass is 127. The highest BCUT2D eigenvalue weighted by Gasteiger charge is 2.13. The number of anilines is 1. The lowest BCUT2D eigenvalue weighted by molar-refractivity contribution is 0.102. The van der Waals surface area contributed by atoms with E-state index in [2.05, 4.69) is 32.9 Å². The summed E-state index contributed by atoms with van der Waals surface area (Å²) in [7, 11) is 0. The smallest absolute Gasteiger partial charge is 0.265 e. The van der Waals surface area contributed by atoms with Crippen molar-refractivity contribution in [3.05, 3.63) is 97.6 Å². The second-order valence-electron chi connectivity index (χ2n) is 6.75. The summed E-state index contributed by atoms with van der Waals surface area (Å²) in [6, 6.07) is 20.3. The molecule has 0 aliphatic heterocycles. The molecule has 144 valence electrons. The Labute approximate surface area is 181 Å². The number of benzene rings is 3. The van der Waals surface area contributed by atoms with Crippen LogP contribution in [0.1, 0.15) is 21.7 Å². The molecule has 1 amide bonds. The van der Waals surface area contributed by atoms with E-state index in [0.717, 1.165) is 14.8 Å². The van der Waals surface area contributed by atoms with Crippen LogP contribution in [0.25, 0.3) is 16.6 Å². The summed E-state index contributed by atoms with van der Waals surface area (Å²) >= 11 is 2.15. The third kappa shape index (κ3) is 3.67. The number of carbonyl (C=O) groups excluding carboxylic acids is 1. The number of carbonyl (C=O) groups is 1. The number of para-hydroxylation sites is 1. The zero-order valence-corrected chi connectivity index (χ0v) is 18.1. The summed E-state index contributed by atoms with van der Waals surface area (Å²) < 4.78 is 2.49. The molecule has 5 nitrogen and oxygen atoms in total. The minimum Gasteiger partial charge on any atom is -0.322 e. The van der Waals surface area contributed by atoms with E-state index in [0.29, 0.717) is 28.0 Å². The van der Waals surface area contributed by atoms with Crippen molar-refractivity contribution in [2.45, 2.75) is 13.8 Å². The fourth-order valence-corrected chi connectivity index (χ4v) is 3.94. The van der Waals surface area contributed by atoms with Crippen molar-refractivity contribution in [1.82, 2.24) is 9.55 Å². The first-order valence-corrected chi connectivity index (χ1v) is 10.2. The van der Waals surface area contributed by atoms with Crippen molar-refractivity contribution in [2.75, 3.05) is 5.32 Å². The number of amides is 1. The van der Waals surface area contributed by atoms with Crippen molar-refractivity contribution >= 4 is 45.1 Å². The van der Waals surface area contributed by atoms with Crippen LogP contribution in [-0.4, -0.2) is 15.5 Å². The van der Waals surface area contributed by atoms with Crippen LogP contribution in [0.5, 0.6) is 0 Å². The second kappa shape index (κ2) is 7.79. The van der Waals surface area contributed by atoms with Gasteiger partial charge in [0.15, 0.2) is 0 Å². The molecule has 4 rings (SSSR count). The molecule has 4 aromatic rings. The minimum atomic E-state index is -0.161. The molecule has 0 atom stereocenters. The summed E-state index contributed by atoms with van der Waals surface area (Å²) in [5, 5.41) is 3.53. The molecule has 0 fully saturated rings. The van der Waals surface area contributed by atoms with Crippen molar-refractivity contribution < 1.29 is 4.79 Å². The highest BCUT2D eigenvalue weighted by molar-refractivity contribution is 14.1. The first kappa shape index (κ1) is 19.3. The summed E-state index contributed by atoms with van der Waals surface area (Å²) in [6.45, 7) is 3.72. The molecule has 3 aromatic carbocycles. The molecular weight excluding hydrogens is 477 g/mol. The molecule has 0 bridgehead atoms. The van der Waals surface area contributed by atoms with Gasteiger partial charge in [-0.05, 0) is 84.5 Å². The molecule has 0 aliphatic rings. The average molecular weight is 495 g/mol. The van der Waals surface area contributed by atoms with E-state index >= 15 is 0 Å². The first-order chi connectivity index (χ1) is 14.0. The number of hydrogen-bond donors (Lipinski definition) is 1. The third-order valence-corrected chi connectivity index (χ3v) is 5.72. The first-order valence-electron chi connectivity index (χ1n) is 9.11. The normalized spacial score (nSPS) is 10.9. The van der Waals surface area contributed by atoms with Gasteiger partial charge in [-0.15, -0.1) is 0 Å². The zero-order valence-electron chi connectivity index (χ0n) is 15.9. The molecule has 6 heteroatoms. The molecule has 0 aliphatic carbocycles. The molecule has 0 radical (unpaired) electrons. The maximum absolute atomic E-state index is 13.0. The van der Waals surface area contributed by atoms with Gasteiger partial charge in [-0.25, -0.2) is 4.98 Å². The standard InChI is InChI=1S/C23H18IN3O2/c1-14-13-16(27-15(2)25-21-10-6-4-8-18(21)23(27)29)11-12-20(14)26-22(28)17-7-3-5-9-19(17)24/h3-13H,1-2H3,(H,26,28). The summed E-state index contributed by atoms with van der Waals surface area (Å²) in [4.78, 5) is 30.2. The topological polar surface area (TPSA) is 64.0 Å². The fourth-order valence-electron chi connectivity index (χ4n) is 3.31. The molecule has 0 saturated carbocycles. The third-order valence-electron chi connectivity index (χ3n) is 4.78. The van der Waals surface area contributed by atoms with Gasteiger partial charge in [0.1, 0.15) is 5.82 Å². The Morgan fingerprint density at radius 1 is 1.00 bits per heavy atom. The summed E-state index contributed by atoms with van der Waals surface area (Å²) in [6.07, 6.45) is 0. The second-order valence-corrected chi connectivity index (χ2v) is 7.91. The SMILES string of the molecule is Cc1cc(-n2c(C)nc3ccccc3c2=O)ccc1NC(=O)c1ccccc1I. The van der Waals surface area contributed by atoms with E-state index in [-0.39, 0.29) is 11.5 Å². The van der Waals surface area contributed by atoms with Gasteiger partial charge in [0, 0.05) is 9.26 Å². The van der Waals surface area contributed by atoms with Crippen LogP contribution in [0.2, 0.25) is 0 Å². The van der Waals surface area contributed by atoms with Crippen LogP contribution in [0, 0.1) is 17.4 Å². The molecule has 0 spiro atoms. The van der Waals surface area contributed by atoms with Crippen LogP contribution in [0.4, 0.5) is 5.69 Å². The number of hydrogen-bond acceptors (Lipinski definition) is 3. The van der Waals surface area contributed by atoms with E-state index < -0.39 is 0 Å². The molecule has 1 aromatic heterocycles. The maximum Gasteiger partial charge on any atom is 0.265 e. The van der Waals surface area contributed by atoms with Crippen molar-refractivity contribution in [2.24, 2.45) is 0 Å². The number of aromatic nitrogens is 2. The lowest BCUT2D eigenvalue weighted by Gasteiger charge is -2.14. The largest absolute Gasteiger partial charge is 0.322 e. The van der Waals surface area contributed by atoms with Crippen LogP contribution < -0.4 is 10.9 Å². The molecule has 0 unspecified atom stereocenters. The minimum absolute atomic E-state index is 0.108. The lowest BCUT2D eigenvalue weighted by atomic mass is 10.1. The van der Waals surface area contributed by atoms with E-state index in [1.165, 1.54) is 0 Å². The summed E-state index contributed by atoms with van der Waals surface area (Å²) in [5.41, 5.74) is 3.49. The number of nitrogens with one attached hydrogen (secondary N) is 1. The summed E-state index contributed by atoms with van der Waals surface area (Å²) in [5.74, 6) is 0.454. The number of halogens is 1. The van der Waals surface area contributed by atoms with Gasteiger partial charge in [0.25, 0.3) is 11.5 Å². The lowest BCUT2D eigenvalue weighted by Crippen LogP contribution is -2.22. The quantitative estimate of drug-likeness (QED) is 0.413. The van der Waals surface area contributed by atoms with Crippen molar-refractivity contribution in [3.63, 3.8) is 0 Å². The number of rotatable bonds is 3. The van der Waals surface area contributed by atoms with Gasteiger partial charge < -0.3 is 5.32 Å². The van der Waals surface area contributed by atoms with Gasteiger partial charge in [-0.3, -0.25) is 14.2 Å². The number of aryl methyl sites for hydroxylation is 2. The molecule has 1 N–H and O–H groups in total. The maximum atomic E-state index is 13.0. The van der Waals surface area contributed by atoms with Crippen LogP contribution in [0.3, 0.4) is 0 Å². The van der Waals surface area contributed by atoms with Gasteiger partial charge in [0.2, 0.25) is 0 Å².